The Morgan fingerprint density at radius 3 is 2.79 bits per heavy atom. The number of carbonyl (C=O) groups excluding carboxylic acids is 1. The smallest absolute Gasteiger partial charge is 0.321 e. The molecule has 0 aliphatic carbocycles. The van der Waals surface area contributed by atoms with Crippen LogP contribution in [0.2, 0.25) is 0 Å². The maximum atomic E-state index is 12.4. The van der Waals surface area contributed by atoms with Crippen molar-refractivity contribution in [3.8, 4) is 0 Å². The Kier molecular flexibility index (Phi) is 4.10. The Bertz CT molecular complexity index is 472. The van der Waals surface area contributed by atoms with Crippen LogP contribution in [0.1, 0.15) is 18.1 Å². The lowest BCUT2D eigenvalue weighted by Crippen LogP contribution is -2.37. The number of nitrogens with zero attached hydrogens (tertiary/aromatic N) is 2. The molecule has 1 saturated heterocycles. The van der Waals surface area contributed by atoms with Crippen LogP contribution in [0, 0.1) is 6.92 Å². The normalized spacial score (nSPS) is 19.4. The Labute approximate surface area is 115 Å². The highest BCUT2D eigenvalue weighted by molar-refractivity contribution is 5.96. The van der Waals surface area contributed by atoms with Gasteiger partial charge < -0.3 is 10.2 Å². The molecule has 19 heavy (non-hydrogen) atoms. The molecule has 2 amide bonds. The summed E-state index contributed by atoms with van der Waals surface area (Å²) >= 11 is 0. The molecule has 1 aromatic carbocycles. The first kappa shape index (κ1) is 13.9. The molecule has 0 bridgehead atoms. The molecule has 1 unspecified atom stereocenters. The van der Waals surface area contributed by atoms with Gasteiger partial charge in [0, 0.05) is 20.1 Å². The van der Waals surface area contributed by atoms with Gasteiger partial charge in [0.2, 0.25) is 0 Å². The maximum Gasteiger partial charge on any atom is 0.324 e. The highest BCUT2D eigenvalue weighted by atomic mass is 16.2. The molecule has 0 radical (unpaired) electrons. The lowest BCUT2D eigenvalue weighted by Gasteiger charge is -2.21. The minimum Gasteiger partial charge on any atom is -0.321 e. The average molecular weight is 261 g/mol. The van der Waals surface area contributed by atoms with E-state index in [1.54, 1.807) is 0 Å². The van der Waals surface area contributed by atoms with E-state index in [0.717, 1.165) is 25.2 Å². The van der Waals surface area contributed by atoms with Gasteiger partial charge in [-0.3, -0.25) is 4.90 Å². The molecule has 1 aliphatic heterocycles. The zero-order valence-corrected chi connectivity index (χ0v) is 12.2. The van der Waals surface area contributed by atoms with Crippen LogP contribution in [0.25, 0.3) is 0 Å². The lowest BCUT2D eigenvalue weighted by molar-refractivity contribution is 0.218. The number of para-hydroxylation sites is 1. The summed E-state index contributed by atoms with van der Waals surface area (Å²) in [5.41, 5.74) is 3.51. The van der Waals surface area contributed by atoms with Crippen molar-refractivity contribution in [3.63, 3.8) is 0 Å². The van der Waals surface area contributed by atoms with Crippen LogP contribution in [0.3, 0.4) is 0 Å². The van der Waals surface area contributed by atoms with Crippen molar-refractivity contribution >= 4 is 11.7 Å². The molecule has 1 fully saturated rings. The predicted octanol–water partition coefficient (Wildman–Crippen LogP) is 2.02. The highest BCUT2D eigenvalue weighted by Gasteiger charge is 2.36. The third-order valence-corrected chi connectivity index (χ3v) is 3.89. The van der Waals surface area contributed by atoms with Gasteiger partial charge in [0.1, 0.15) is 0 Å². The summed E-state index contributed by atoms with van der Waals surface area (Å²) in [6.07, 6.45) is 0.946. The van der Waals surface area contributed by atoms with Gasteiger partial charge in [0.05, 0.1) is 11.7 Å². The Hall–Kier alpha value is -1.55. The number of nitrogens with one attached hydrogen (secondary N) is 1. The summed E-state index contributed by atoms with van der Waals surface area (Å²) in [7, 11) is 3.81. The number of carbonyl (C=O) groups is 1. The number of urea groups is 1. The Morgan fingerprint density at radius 2 is 2.16 bits per heavy atom. The molecule has 1 heterocycles. The topological polar surface area (TPSA) is 35.6 Å². The van der Waals surface area contributed by atoms with Gasteiger partial charge in [0.15, 0.2) is 0 Å². The fourth-order valence-corrected chi connectivity index (χ4v) is 2.77. The number of likely N-dealkylation sites (N-methyl/N-ethyl adjacent to an activating group) is 2. The second-order valence-electron chi connectivity index (χ2n) is 5.15. The first-order valence-electron chi connectivity index (χ1n) is 6.87. The maximum absolute atomic E-state index is 12.4. The number of aryl methyl sites for hydroxylation is 2. The predicted molar refractivity (Wildman–Crippen MR) is 78.8 cm³/mol. The monoisotopic (exact) mass is 261 g/mol. The standard InChI is InChI=1S/C15H23N3O/c1-5-12-8-6-7-11(2)14(12)18-10-13(9-16-3)17(4)15(18)19/h6-8,13,16H,5,9-10H2,1-4H3. The van der Waals surface area contributed by atoms with Crippen molar-refractivity contribution in [1.29, 1.82) is 0 Å². The quantitative estimate of drug-likeness (QED) is 0.900. The fraction of sp³-hybridized carbons (Fsp3) is 0.533. The van der Waals surface area contributed by atoms with Crippen LogP contribution < -0.4 is 10.2 Å². The number of amides is 2. The molecule has 1 aliphatic rings. The van der Waals surface area contributed by atoms with E-state index in [-0.39, 0.29) is 12.1 Å². The number of hydrogen-bond donors (Lipinski definition) is 1. The van der Waals surface area contributed by atoms with Crippen LogP contribution in [-0.4, -0.2) is 44.2 Å². The van der Waals surface area contributed by atoms with Gasteiger partial charge in [0.25, 0.3) is 0 Å². The van der Waals surface area contributed by atoms with Crippen LogP contribution in [0.15, 0.2) is 18.2 Å². The van der Waals surface area contributed by atoms with E-state index in [1.807, 2.05) is 23.9 Å². The summed E-state index contributed by atoms with van der Waals surface area (Å²) in [5, 5.41) is 3.16. The van der Waals surface area contributed by atoms with E-state index in [2.05, 4.69) is 37.4 Å². The average Bonchev–Trinajstić information content (AvgIpc) is 2.67. The minimum atomic E-state index is 0.101. The van der Waals surface area contributed by atoms with E-state index in [1.165, 1.54) is 11.1 Å². The number of benzene rings is 1. The number of rotatable bonds is 4. The molecular weight excluding hydrogens is 238 g/mol. The minimum absolute atomic E-state index is 0.101. The number of anilines is 1. The molecule has 4 nitrogen and oxygen atoms in total. The van der Waals surface area contributed by atoms with E-state index >= 15 is 0 Å². The third kappa shape index (κ3) is 2.45. The zero-order chi connectivity index (χ0) is 14.0. The van der Waals surface area contributed by atoms with Gasteiger partial charge >= 0.3 is 6.03 Å². The molecule has 1 atom stereocenters. The van der Waals surface area contributed by atoms with Gasteiger partial charge in [-0.1, -0.05) is 25.1 Å². The molecule has 1 N–H and O–H groups in total. The van der Waals surface area contributed by atoms with Gasteiger partial charge in [-0.2, -0.15) is 0 Å². The SMILES string of the molecule is CCc1cccc(C)c1N1CC(CNC)N(C)C1=O. The molecule has 1 aromatic rings. The third-order valence-electron chi connectivity index (χ3n) is 3.89. The van der Waals surface area contributed by atoms with Crippen molar-refractivity contribution in [1.82, 2.24) is 10.2 Å². The van der Waals surface area contributed by atoms with Crippen LogP contribution >= 0.6 is 0 Å². The molecule has 4 heteroatoms. The van der Waals surface area contributed by atoms with Crippen LogP contribution in [0.4, 0.5) is 10.5 Å². The first-order chi connectivity index (χ1) is 9.10. The largest absolute Gasteiger partial charge is 0.324 e. The lowest BCUT2D eigenvalue weighted by atomic mass is 10.0. The summed E-state index contributed by atoms with van der Waals surface area (Å²) in [5.74, 6) is 0. The zero-order valence-electron chi connectivity index (χ0n) is 12.2. The van der Waals surface area contributed by atoms with E-state index in [9.17, 15) is 4.79 Å². The summed E-state index contributed by atoms with van der Waals surface area (Å²) < 4.78 is 0. The Morgan fingerprint density at radius 1 is 1.42 bits per heavy atom. The van der Waals surface area contributed by atoms with Gasteiger partial charge in [-0.25, -0.2) is 4.79 Å². The van der Waals surface area contributed by atoms with Crippen molar-refractivity contribution in [2.24, 2.45) is 0 Å². The molecule has 104 valence electrons. The van der Waals surface area contributed by atoms with Crippen LogP contribution in [-0.2, 0) is 6.42 Å². The van der Waals surface area contributed by atoms with E-state index < -0.39 is 0 Å². The van der Waals surface area contributed by atoms with Crippen molar-refractivity contribution in [2.45, 2.75) is 26.3 Å². The molecule has 0 spiro atoms. The molecule has 0 aromatic heterocycles. The first-order valence-corrected chi connectivity index (χ1v) is 6.87. The van der Waals surface area contributed by atoms with Gasteiger partial charge in [-0.15, -0.1) is 0 Å². The van der Waals surface area contributed by atoms with Gasteiger partial charge in [-0.05, 0) is 31.5 Å². The second kappa shape index (κ2) is 5.61. The van der Waals surface area contributed by atoms with Crippen molar-refractivity contribution < 1.29 is 4.79 Å². The summed E-state index contributed by atoms with van der Waals surface area (Å²) in [6.45, 7) is 5.79. The van der Waals surface area contributed by atoms with E-state index in [4.69, 9.17) is 0 Å². The summed E-state index contributed by atoms with van der Waals surface area (Å²) in [6, 6.07) is 6.59. The molecule has 2 rings (SSSR count). The summed E-state index contributed by atoms with van der Waals surface area (Å²) in [4.78, 5) is 16.2. The molecular formula is C15H23N3O. The van der Waals surface area contributed by atoms with Crippen molar-refractivity contribution in [3.05, 3.63) is 29.3 Å². The molecule has 0 saturated carbocycles. The Balaban J connectivity index is 2.35. The van der Waals surface area contributed by atoms with E-state index in [0.29, 0.717) is 0 Å². The van der Waals surface area contributed by atoms with Crippen molar-refractivity contribution in [2.75, 3.05) is 32.1 Å². The highest BCUT2D eigenvalue weighted by Crippen LogP contribution is 2.30. The van der Waals surface area contributed by atoms with Crippen LogP contribution in [0.5, 0.6) is 0 Å². The number of hydrogen-bond acceptors (Lipinski definition) is 2. The fourth-order valence-electron chi connectivity index (χ4n) is 2.77. The second-order valence-corrected chi connectivity index (χ2v) is 5.15.